The first-order chi connectivity index (χ1) is 6.33. The molecule has 0 aliphatic rings. The van der Waals surface area contributed by atoms with Gasteiger partial charge in [0, 0.05) is 10.9 Å². The Morgan fingerprint density at radius 1 is 1.38 bits per heavy atom. The Balaban J connectivity index is 2.74. The van der Waals surface area contributed by atoms with Gasteiger partial charge in [0.15, 0.2) is 0 Å². The lowest BCUT2D eigenvalue weighted by Crippen LogP contribution is -1.88. The van der Waals surface area contributed by atoms with E-state index < -0.39 is 0 Å². The minimum atomic E-state index is -0.385. The van der Waals surface area contributed by atoms with Crippen LogP contribution in [0.2, 0.25) is 0 Å². The van der Waals surface area contributed by atoms with Crippen molar-refractivity contribution in [2.75, 3.05) is 0 Å². The van der Waals surface area contributed by atoms with Crippen LogP contribution in [0, 0.1) is 17.1 Å². The normalized spacial score (nSPS) is 10.2. The smallest absolute Gasteiger partial charge is 0.141 e. The quantitative estimate of drug-likeness (QED) is 0.668. The van der Waals surface area contributed by atoms with Gasteiger partial charge >= 0.3 is 0 Å². The summed E-state index contributed by atoms with van der Waals surface area (Å²) in [4.78, 5) is 0. The summed E-state index contributed by atoms with van der Waals surface area (Å²) in [5.41, 5.74) is 0.812. The molecule has 64 valence electrons. The number of hydrogen-bond acceptors (Lipinski definition) is 2. The number of nitriles is 1. The van der Waals surface area contributed by atoms with Crippen LogP contribution in [0.15, 0.2) is 28.9 Å². The Hall–Kier alpha value is -1.82. The molecule has 1 heterocycles. The van der Waals surface area contributed by atoms with Crippen molar-refractivity contribution in [3.05, 3.63) is 35.8 Å². The van der Waals surface area contributed by atoms with Gasteiger partial charge in [0.25, 0.3) is 0 Å². The molecule has 0 saturated heterocycles. The molecule has 0 unspecified atom stereocenters. The zero-order valence-corrected chi connectivity index (χ0v) is 6.75. The third-order valence-corrected chi connectivity index (χ3v) is 1.92. The third-order valence-electron chi connectivity index (χ3n) is 1.92. The van der Waals surface area contributed by atoms with Crippen molar-refractivity contribution < 1.29 is 8.81 Å². The molecule has 0 saturated carbocycles. The highest BCUT2D eigenvalue weighted by Crippen LogP contribution is 2.22. The fourth-order valence-electron chi connectivity index (χ4n) is 1.31. The number of halogens is 1. The molecule has 0 spiro atoms. The molecule has 0 aliphatic heterocycles. The second-order valence-corrected chi connectivity index (χ2v) is 2.70. The van der Waals surface area contributed by atoms with Crippen LogP contribution in [0.1, 0.15) is 5.56 Å². The molecule has 0 amide bonds. The minimum absolute atomic E-state index is 0.0384. The average molecular weight is 175 g/mol. The van der Waals surface area contributed by atoms with Gasteiger partial charge in [-0.05, 0) is 18.2 Å². The van der Waals surface area contributed by atoms with E-state index >= 15 is 0 Å². The van der Waals surface area contributed by atoms with E-state index in [0.717, 1.165) is 5.39 Å². The lowest BCUT2D eigenvalue weighted by atomic mass is 10.1. The van der Waals surface area contributed by atoms with Gasteiger partial charge in [-0.2, -0.15) is 5.26 Å². The summed E-state index contributed by atoms with van der Waals surface area (Å²) in [5.74, 6) is -0.385. The highest BCUT2D eigenvalue weighted by atomic mass is 19.1. The molecule has 0 N–H and O–H groups in total. The van der Waals surface area contributed by atoms with E-state index in [0.29, 0.717) is 11.1 Å². The van der Waals surface area contributed by atoms with Gasteiger partial charge in [-0.3, -0.25) is 0 Å². The standard InChI is InChI=1S/C10H6FNO/c11-9-2-1-7-4-6-13-10(7)8(9)3-5-12/h1-2,4,6H,3H2. The van der Waals surface area contributed by atoms with E-state index in [1.165, 1.54) is 12.3 Å². The fourth-order valence-corrected chi connectivity index (χ4v) is 1.31. The highest BCUT2D eigenvalue weighted by molar-refractivity contribution is 5.80. The van der Waals surface area contributed by atoms with Crippen LogP contribution >= 0.6 is 0 Å². The van der Waals surface area contributed by atoms with Gasteiger partial charge in [0.1, 0.15) is 11.4 Å². The van der Waals surface area contributed by atoms with Crippen LogP contribution < -0.4 is 0 Å². The van der Waals surface area contributed by atoms with Crippen LogP contribution in [-0.4, -0.2) is 0 Å². The molecule has 0 bridgehead atoms. The van der Waals surface area contributed by atoms with Crippen LogP contribution in [0.25, 0.3) is 11.0 Å². The van der Waals surface area contributed by atoms with Gasteiger partial charge in [-0.1, -0.05) is 0 Å². The lowest BCUT2D eigenvalue weighted by molar-refractivity contribution is 0.587. The number of benzene rings is 1. The van der Waals surface area contributed by atoms with E-state index in [1.807, 2.05) is 6.07 Å². The Morgan fingerprint density at radius 2 is 2.23 bits per heavy atom. The molecule has 1 aromatic carbocycles. The molecule has 3 heteroatoms. The van der Waals surface area contributed by atoms with Crippen LogP contribution in [0.4, 0.5) is 4.39 Å². The molecule has 0 fully saturated rings. The van der Waals surface area contributed by atoms with E-state index in [4.69, 9.17) is 9.68 Å². The van der Waals surface area contributed by atoms with Crippen molar-refractivity contribution in [2.45, 2.75) is 6.42 Å². The second kappa shape index (κ2) is 2.91. The van der Waals surface area contributed by atoms with Crippen molar-refractivity contribution in [3.8, 4) is 6.07 Å². The predicted molar refractivity (Wildman–Crippen MR) is 45.5 cm³/mol. The van der Waals surface area contributed by atoms with Crippen LogP contribution in [0.5, 0.6) is 0 Å². The van der Waals surface area contributed by atoms with Gasteiger partial charge in [-0.25, -0.2) is 4.39 Å². The zero-order chi connectivity index (χ0) is 9.26. The number of furan rings is 1. The van der Waals surface area contributed by atoms with Gasteiger partial charge < -0.3 is 4.42 Å². The van der Waals surface area contributed by atoms with Crippen molar-refractivity contribution in [2.24, 2.45) is 0 Å². The Kier molecular flexibility index (Phi) is 1.75. The first-order valence-electron chi connectivity index (χ1n) is 3.84. The molecule has 2 rings (SSSR count). The van der Waals surface area contributed by atoms with Gasteiger partial charge in [-0.15, -0.1) is 0 Å². The molecular weight excluding hydrogens is 169 g/mol. The summed E-state index contributed by atoms with van der Waals surface area (Å²) in [7, 11) is 0. The molecular formula is C10H6FNO. The summed E-state index contributed by atoms with van der Waals surface area (Å²) in [6.45, 7) is 0. The SMILES string of the molecule is N#CCc1c(F)ccc2ccoc12. The maximum absolute atomic E-state index is 13.2. The first kappa shape index (κ1) is 7.81. The maximum atomic E-state index is 13.2. The topological polar surface area (TPSA) is 36.9 Å². The van der Waals surface area contributed by atoms with Gasteiger partial charge in [0.05, 0.1) is 18.8 Å². The molecule has 0 aliphatic carbocycles. The largest absolute Gasteiger partial charge is 0.464 e. The predicted octanol–water partition coefficient (Wildman–Crippen LogP) is 2.64. The Bertz CT molecular complexity index is 481. The summed E-state index contributed by atoms with van der Waals surface area (Å²) in [6.07, 6.45) is 1.53. The number of fused-ring (bicyclic) bond motifs is 1. The van der Waals surface area contributed by atoms with Crippen molar-refractivity contribution in [3.63, 3.8) is 0 Å². The Labute approximate surface area is 74.2 Å². The average Bonchev–Trinajstić information content (AvgIpc) is 2.58. The van der Waals surface area contributed by atoms with Crippen molar-refractivity contribution >= 4 is 11.0 Å². The van der Waals surface area contributed by atoms with Crippen molar-refractivity contribution in [1.29, 1.82) is 5.26 Å². The first-order valence-corrected chi connectivity index (χ1v) is 3.84. The molecule has 0 radical (unpaired) electrons. The molecule has 2 aromatic rings. The molecule has 13 heavy (non-hydrogen) atoms. The monoisotopic (exact) mass is 175 g/mol. The summed E-state index contributed by atoms with van der Waals surface area (Å²) in [6, 6.07) is 6.64. The van der Waals surface area contributed by atoms with E-state index in [-0.39, 0.29) is 12.2 Å². The van der Waals surface area contributed by atoms with Crippen LogP contribution in [0.3, 0.4) is 0 Å². The van der Waals surface area contributed by atoms with Gasteiger partial charge in [0.2, 0.25) is 0 Å². The fraction of sp³-hybridized carbons (Fsp3) is 0.100. The summed E-state index contributed by atoms with van der Waals surface area (Å²) >= 11 is 0. The number of hydrogen-bond donors (Lipinski definition) is 0. The van der Waals surface area contributed by atoms with E-state index in [1.54, 1.807) is 12.1 Å². The summed E-state index contributed by atoms with van der Waals surface area (Å²) in [5, 5.41) is 9.31. The zero-order valence-electron chi connectivity index (χ0n) is 6.75. The molecule has 1 aromatic heterocycles. The molecule has 0 atom stereocenters. The summed E-state index contributed by atoms with van der Waals surface area (Å²) < 4.78 is 18.3. The highest BCUT2D eigenvalue weighted by Gasteiger charge is 2.09. The minimum Gasteiger partial charge on any atom is -0.464 e. The Morgan fingerprint density at radius 3 is 3.00 bits per heavy atom. The lowest BCUT2D eigenvalue weighted by Gasteiger charge is -1.97. The second-order valence-electron chi connectivity index (χ2n) is 2.70. The van der Waals surface area contributed by atoms with Crippen molar-refractivity contribution in [1.82, 2.24) is 0 Å². The van der Waals surface area contributed by atoms with E-state index in [9.17, 15) is 4.39 Å². The number of rotatable bonds is 1. The molecule has 2 nitrogen and oxygen atoms in total. The number of nitrogens with zero attached hydrogens (tertiary/aromatic N) is 1. The van der Waals surface area contributed by atoms with E-state index in [2.05, 4.69) is 0 Å². The third kappa shape index (κ3) is 1.17. The maximum Gasteiger partial charge on any atom is 0.141 e. The van der Waals surface area contributed by atoms with Crippen LogP contribution in [-0.2, 0) is 6.42 Å².